The standard InChI is InChI=1S/C18H26N2O3S/c1-12(21)19-14-5-7-15(8-6-14)24(22,23)20-16-17(2,3)13-9-10-18(16,4)11-13/h5-8,13,16,20H,9-11H2,1-4H3,(H,19,21)/t13-,16-,18-/m1/s1. The normalized spacial score (nSPS) is 31.2. The second-order valence-corrected chi connectivity index (χ2v) is 9.89. The van der Waals surface area contributed by atoms with Crippen LogP contribution in [0.3, 0.4) is 0 Å². The molecule has 2 aliphatic carbocycles. The number of anilines is 1. The number of carbonyl (C=O) groups excluding carboxylic acids is 1. The summed E-state index contributed by atoms with van der Waals surface area (Å²) in [5.74, 6) is 0.401. The van der Waals surface area contributed by atoms with Gasteiger partial charge in [-0.25, -0.2) is 13.1 Å². The van der Waals surface area contributed by atoms with Crippen LogP contribution in [0.5, 0.6) is 0 Å². The van der Waals surface area contributed by atoms with E-state index in [0.717, 1.165) is 12.8 Å². The SMILES string of the molecule is CC(=O)Nc1ccc(S(=O)(=O)N[C@@H]2C(C)(C)[C@@H]3CC[C@]2(C)C3)cc1. The number of benzene rings is 1. The molecule has 3 atom stereocenters. The second-order valence-electron chi connectivity index (χ2n) is 8.17. The maximum absolute atomic E-state index is 12.8. The predicted molar refractivity (Wildman–Crippen MR) is 94.1 cm³/mol. The largest absolute Gasteiger partial charge is 0.326 e. The van der Waals surface area contributed by atoms with E-state index in [2.05, 4.69) is 30.8 Å². The summed E-state index contributed by atoms with van der Waals surface area (Å²) >= 11 is 0. The minimum absolute atomic E-state index is 0.0316. The Labute approximate surface area is 144 Å². The van der Waals surface area contributed by atoms with Crippen LogP contribution in [0, 0.1) is 16.7 Å². The maximum Gasteiger partial charge on any atom is 0.240 e. The summed E-state index contributed by atoms with van der Waals surface area (Å²) in [6.07, 6.45) is 3.36. The summed E-state index contributed by atoms with van der Waals surface area (Å²) < 4.78 is 28.6. The maximum atomic E-state index is 12.8. The Morgan fingerprint density at radius 1 is 1.17 bits per heavy atom. The minimum atomic E-state index is -3.58. The first-order valence-electron chi connectivity index (χ1n) is 8.45. The highest BCUT2D eigenvalue weighted by Crippen LogP contribution is 2.62. The molecule has 2 N–H and O–H groups in total. The zero-order valence-electron chi connectivity index (χ0n) is 14.7. The minimum Gasteiger partial charge on any atom is -0.326 e. The summed E-state index contributed by atoms with van der Waals surface area (Å²) in [5, 5.41) is 2.64. The fourth-order valence-electron chi connectivity index (χ4n) is 4.74. The van der Waals surface area contributed by atoms with Crippen LogP contribution < -0.4 is 10.0 Å². The van der Waals surface area contributed by atoms with E-state index in [-0.39, 0.29) is 27.7 Å². The zero-order chi connectivity index (χ0) is 17.8. The van der Waals surface area contributed by atoms with E-state index in [1.165, 1.54) is 25.5 Å². The first kappa shape index (κ1) is 17.4. The van der Waals surface area contributed by atoms with E-state index in [0.29, 0.717) is 11.6 Å². The average Bonchev–Trinajstić information content (AvgIpc) is 2.95. The highest BCUT2D eigenvalue weighted by molar-refractivity contribution is 7.89. The van der Waals surface area contributed by atoms with E-state index in [4.69, 9.17) is 0 Å². The smallest absolute Gasteiger partial charge is 0.240 e. The van der Waals surface area contributed by atoms with Gasteiger partial charge >= 0.3 is 0 Å². The molecule has 0 saturated heterocycles. The molecule has 1 aromatic carbocycles. The van der Waals surface area contributed by atoms with Gasteiger partial charge in [-0.15, -0.1) is 0 Å². The molecule has 0 aromatic heterocycles. The molecule has 2 saturated carbocycles. The third-order valence-electron chi connectivity index (χ3n) is 6.03. The molecule has 132 valence electrons. The van der Waals surface area contributed by atoms with Crippen molar-refractivity contribution in [2.24, 2.45) is 16.7 Å². The van der Waals surface area contributed by atoms with Crippen LogP contribution in [-0.4, -0.2) is 20.4 Å². The molecule has 0 unspecified atom stereocenters. The van der Waals surface area contributed by atoms with Gasteiger partial charge in [0, 0.05) is 18.7 Å². The molecule has 0 spiro atoms. The Balaban J connectivity index is 1.83. The average molecular weight is 350 g/mol. The Kier molecular flexibility index (Phi) is 4.04. The molecule has 0 radical (unpaired) electrons. The number of hydrogen-bond donors (Lipinski definition) is 2. The fraction of sp³-hybridized carbons (Fsp3) is 0.611. The molecule has 0 heterocycles. The fourth-order valence-corrected chi connectivity index (χ4v) is 6.27. The molecule has 24 heavy (non-hydrogen) atoms. The highest BCUT2D eigenvalue weighted by atomic mass is 32.2. The van der Waals surface area contributed by atoms with E-state index < -0.39 is 10.0 Å². The Hall–Kier alpha value is -1.40. The molecule has 2 bridgehead atoms. The molecule has 2 aliphatic rings. The number of rotatable bonds is 4. The van der Waals surface area contributed by atoms with Crippen molar-refractivity contribution in [3.05, 3.63) is 24.3 Å². The van der Waals surface area contributed by atoms with Crippen molar-refractivity contribution in [1.29, 1.82) is 0 Å². The van der Waals surface area contributed by atoms with Crippen LogP contribution in [0.4, 0.5) is 5.69 Å². The van der Waals surface area contributed by atoms with Gasteiger partial charge in [0.05, 0.1) is 4.90 Å². The molecule has 6 heteroatoms. The highest BCUT2D eigenvalue weighted by Gasteiger charge is 2.60. The molecule has 0 aliphatic heterocycles. The van der Waals surface area contributed by atoms with Gasteiger partial charge in [0.2, 0.25) is 15.9 Å². The molecule has 1 amide bonds. The third-order valence-corrected chi connectivity index (χ3v) is 7.47. The molecular weight excluding hydrogens is 324 g/mol. The summed E-state index contributed by atoms with van der Waals surface area (Å²) in [5.41, 5.74) is 0.599. The molecule has 3 rings (SSSR count). The van der Waals surface area contributed by atoms with Crippen molar-refractivity contribution in [2.75, 3.05) is 5.32 Å². The van der Waals surface area contributed by atoms with Crippen molar-refractivity contribution in [3.63, 3.8) is 0 Å². The van der Waals surface area contributed by atoms with Crippen molar-refractivity contribution >= 4 is 21.6 Å². The van der Waals surface area contributed by atoms with Crippen molar-refractivity contribution in [1.82, 2.24) is 4.72 Å². The summed E-state index contributed by atoms with van der Waals surface area (Å²) in [7, 11) is -3.58. The Morgan fingerprint density at radius 2 is 1.79 bits per heavy atom. The van der Waals surface area contributed by atoms with Crippen LogP contribution >= 0.6 is 0 Å². The lowest BCUT2D eigenvalue weighted by atomic mass is 9.69. The van der Waals surface area contributed by atoms with Gasteiger partial charge in [-0.3, -0.25) is 4.79 Å². The zero-order valence-corrected chi connectivity index (χ0v) is 15.5. The first-order valence-corrected chi connectivity index (χ1v) is 9.93. The number of amides is 1. The molecule has 2 fully saturated rings. The van der Waals surface area contributed by atoms with E-state index in [1.807, 2.05) is 0 Å². The summed E-state index contributed by atoms with van der Waals surface area (Å²) in [6.45, 7) is 7.98. The van der Waals surface area contributed by atoms with Crippen molar-refractivity contribution < 1.29 is 13.2 Å². The Morgan fingerprint density at radius 3 is 2.29 bits per heavy atom. The number of nitrogens with one attached hydrogen (secondary N) is 2. The number of fused-ring (bicyclic) bond motifs is 2. The number of carbonyl (C=O) groups is 1. The van der Waals surface area contributed by atoms with Crippen molar-refractivity contribution in [3.8, 4) is 0 Å². The third kappa shape index (κ3) is 2.86. The molecule has 1 aromatic rings. The van der Waals surface area contributed by atoms with Crippen molar-refractivity contribution in [2.45, 2.75) is 57.9 Å². The van der Waals surface area contributed by atoms with E-state index in [1.54, 1.807) is 12.1 Å². The Bertz CT molecular complexity index is 750. The van der Waals surface area contributed by atoms with E-state index in [9.17, 15) is 13.2 Å². The van der Waals surface area contributed by atoms with Gasteiger partial charge in [-0.1, -0.05) is 20.8 Å². The number of hydrogen-bond acceptors (Lipinski definition) is 3. The lowest BCUT2D eigenvalue weighted by molar-refractivity contribution is -0.114. The first-order chi connectivity index (χ1) is 11.0. The monoisotopic (exact) mass is 350 g/mol. The predicted octanol–water partition coefficient (Wildman–Crippen LogP) is 3.14. The van der Waals surface area contributed by atoms with Gasteiger partial charge < -0.3 is 5.32 Å². The van der Waals surface area contributed by atoms with Gasteiger partial charge in [0.1, 0.15) is 0 Å². The van der Waals surface area contributed by atoms with Gasteiger partial charge in [0.15, 0.2) is 0 Å². The number of sulfonamides is 1. The van der Waals surface area contributed by atoms with Crippen LogP contribution in [0.15, 0.2) is 29.2 Å². The summed E-state index contributed by atoms with van der Waals surface area (Å²) in [6, 6.07) is 6.25. The quantitative estimate of drug-likeness (QED) is 0.876. The van der Waals surface area contributed by atoms with Crippen LogP contribution in [-0.2, 0) is 14.8 Å². The van der Waals surface area contributed by atoms with E-state index >= 15 is 0 Å². The molecular formula is C18H26N2O3S. The van der Waals surface area contributed by atoms with Crippen LogP contribution in [0.25, 0.3) is 0 Å². The summed E-state index contributed by atoms with van der Waals surface area (Å²) in [4.78, 5) is 11.3. The lowest BCUT2D eigenvalue weighted by Crippen LogP contribution is -2.52. The van der Waals surface area contributed by atoms with Crippen LogP contribution in [0.2, 0.25) is 0 Å². The van der Waals surface area contributed by atoms with Gasteiger partial charge in [-0.2, -0.15) is 0 Å². The van der Waals surface area contributed by atoms with Crippen LogP contribution in [0.1, 0.15) is 47.0 Å². The lowest BCUT2D eigenvalue weighted by Gasteiger charge is -2.42. The van der Waals surface area contributed by atoms with Gasteiger partial charge in [-0.05, 0) is 60.3 Å². The second kappa shape index (κ2) is 5.56. The topological polar surface area (TPSA) is 75.3 Å². The van der Waals surface area contributed by atoms with Gasteiger partial charge in [0.25, 0.3) is 0 Å². The molecule has 5 nitrogen and oxygen atoms in total.